The molecule has 10 heteroatoms. The Labute approximate surface area is 295 Å². The second-order valence-electron chi connectivity index (χ2n) is 14.3. The van der Waals surface area contributed by atoms with Crippen LogP contribution in [0.1, 0.15) is 168 Å². The number of carbonyl (C=O) groups is 2. The van der Waals surface area contributed by atoms with Crippen molar-refractivity contribution in [2.24, 2.45) is 0 Å². The first kappa shape index (κ1) is 46.8. The number of phosphoric ester groups is 1. The highest BCUT2D eigenvalue weighted by molar-refractivity contribution is 7.47. The zero-order valence-corrected chi connectivity index (χ0v) is 32.6. The van der Waals surface area contributed by atoms with Gasteiger partial charge in [-0.25, -0.2) is 4.57 Å². The van der Waals surface area contributed by atoms with Crippen molar-refractivity contribution in [2.45, 2.75) is 174 Å². The molecular formula is C38H75NO8P+. The first-order valence-electron chi connectivity index (χ1n) is 19.4. The maximum Gasteiger partial charge on any atom is 0.472 e. The minimum Gasteiger partial charge on any atom is -0.462 e. The van der Waals surface area contributed by atoms with Crippen LogP contribution in [0.4, 0.5) is 0 Å². The topological polar surface area (TPSA) is 108 Å². The molecule has 0 aromatic heterocycles. The second-order valence-corrected chi connectivity index (χ2v) is 15.8. The minimum atomic E-state index is -4.36. The molecule has 0 aliphatic rings. The molecule has 2 atom stereocenters. The van der Waals surface area contributed by atoms with E-state index in [0.29, 0.717) is 23.9 Å². The lowest BCUT2D eigenvalue weighted by atomic mass is 10.1. The van der Waals surface area contributed by atoms with E-state index >= 15 is 0 Å². The molecule has 9 nitrogen and oxygen atoms in total. The SMILES string of the molecule is CCCCCC/C=C/CCCCCCCCCC(=O)O[C@H](COC(=O)CCCCCCCCCCC)COP(=O)(O)OCC[N+](C)(C)C. The van der Waals surface area contributed by atoms with Gasteiger partial charge in [0.05, 0.1) is 27.7 Å². The lowest BCUT2D eigenvalue weighted by Crippen LogP contribution is -2.37. The van der Waals surface area contributed by atoms with Crippen molar-refractivity contribution in [3.05, 3.63) is 12.2 Å². The predicted octanol–water partition coefficient (Wildman–Crippen LogP) is 10.2. The summed E-state index contributed by atoms with van der Waals surface area (Å²) in [5, 5.41) is 0. The molecule has 284 valence electrons. The second kappa shape index (κ2) is 31.7. The number of unbranched alkanes of at least 4 members (excludes halogenated alkanes) is 19. The van der Waals surface area contributed by atoms with E-state index < -0.39 is 26.5 Å². The predicted molar refractivity (Wildman–Crippen MR) is 197 cm³/mol. The summed E-state index contributed by atoms with van der Waals surface area (Å²) in [7, 11) is 1.48. The Morgan fingerprint density at radius 1 is 0.625 bits per heavy atom. The van der Waals surface area contributed by atoms with Gasteiger partial charge in [0.1, 0.15) is 19.8 Å². The normalized spacial score (nSPS) is 13.9. The van der Waals surface area contributed by atoms with Crippen LogP contribution in [0.5, 0.6) is 0 Å². The highest BCUT2D eigenvalue weighted by Crippen LogP contribution is 2.43. The third-order valence-electron chi connectivity index (χ3n) is 8.30. The molecule has 0 bridgehead atoms. The van der Waals surface area contributed by atoms with Gasteiger partial charge in [-0.1, -0.05) is 129 Å². The van der Waals surface area contributed by atoms with Crippen LogP contribution >= 0.6 is 7.82 Å². The average Bonchev–Trinajstić information content (AvgIpc) is 3.02. The van der Waals surface area contributed by atoms with Gasteiger partial charge in [0, 0.05) is 12.8 Å². The zero-order chi connectivity index (χ0) is 35.8. The van der Waals surface area contributed by atoms with Crippen molar-refractivity contribution >= 4 is 19.8 Å². The van der Waals surface area contributed by atoms with Gasteiger partial charge in [0.25, 0.3) is 0 Å². The van der Waals surface area contributed by atoms with E-state index in [1.165, 1.54) is 89.9 Å². The standard InChI is InChI=1S/C38H74NO8P/c1-6-8-10-12-14-16-17-18-19-20-21-23-25-27-29-31-38(41)47-36(35-46-48(42,43)45-33-32-39(3,4)5)34-44-37(40)30-28-26-24-22-15-13-11-9-7-2/h16-17,36H,6-15,18-35H2,1-5H3/p+1/b17-16+/t36-/m1/s1. The van der Waals surface area contributed by atoms with Crippen LogP contribution in [-0.4, -0.2) is 74.9 Å². The molecule has 0 aromatic rings. The van der Waals surface area contributed by atoms with Crippen molar-refractivity contribution in [1.82, 2.24) is 0 Å². The van der Waals surface area contributed by atoms with Gasteiger partial charge in [-0.15, -0.1) is 0 Å². The Balaban J connectivity index is 4.40. The summed E-state index contributed by atoms with van der Waals surface area (Å²) in [5.74, 6) is -0.803. The number of esters is 2. The third-order valence-corrected chi connectivity index (χ3v) is 9.28. The van der Waals surface area contributed by atoms with E-state index in [2.05, 4.69) is 26.0 Å². The summed E-state index contributed by atoms with van der Waals surface area (Å²) in [6, 6.07) is 0. The number of hydrogen-bond acceptors (Lipinski definition) is 7. The molecule has 1 N–H and O–H groups in total. The van der Waals surface area contributed by atoms with Crippen LogP contribution in [0.3, 0.4) is 0 Å². The number of phosphoric acid groups is 1. The number of ether oxygens (including phenoxy) is 2. The zero-order valence-electron chi connectivity index (χ0n) is 31.7. The number of nitrogens with zero attached hydrogens (tertiary/aromatic N) is 1. The van der Waals surface area contributed by atoms with Crippen LogP contribution < -0.4 is 0 Å². The fraction of sp³-hybridized carbons (Fsp3) is 0.895. The van der Waals surface area contributed by atoms with Crippen molar-refractivity contribution < 1.29 is 42.1 Å². The molecule has 0 aliphatic carbocycles. The Hall–Kier alpha value is -1.25. The van der Waals surface area contributed by atoms with Gasteiger partial charge < -0.3 is 18.9 Å². The smallest absolute Gasteiger partial charge is 0.462 e. The van der Waals surface area contributed by atoms with Crippen molar-refractivity contribution in [3.63, 3.8) is 0 Å². The number of carbonyl (C=O) groups excluding carboxylic acids is 2. The maximum atomic E-state index is 12.6. The van der Waals surface area contributed by atoms with E-state index in [-0.39, 0.29) is 25.6 Å². The maximum absolute atomic E-state index is 12.6. The van der Waals surface area contributed by atoms with E-state index in [0.717, 1.165) is 44.9 Å². The number of rotatable bonds is 35. The van der Waals surface area contributed by atoms with Crippen LogP contribution in [-0.2, 0) is 32.7 Å². The minimum absolute atomic E-state index is 0.0334. The summed E-state index contributed by atoms with van der Waals surface area (Å²) in [5.41, 5.74) is 0. The highest BCUT2D eigenvalue weighted by atomic mass is 31.2. The van der Waals surface area contributed by atoms with Crippen LogP contribution in [0, 0.1) is 0 Å². The molecule has 0 radical (unpaired) electrons. The van der Waals surface area contributed by atoms with Crippen molar-refractivity contribution in [1.29, 1.82) is 0 Å². The fourth-order valence-corrected chi connectivity index (χ4v) is 5.93. The lowest BCUT2D eigenvalue weighted by Gasteiger charge is -2.24. The Bertz CT molecular complexity index is 845. The number of hydrogen-bond donors (Lipinski definition) is 1. The molecule has 48 heavy (non-hydrogen) atoms. The summed E-state index contributed by atoms with van der Waals surface area (Å²) in [4.78, 5) is 35.1. The van der Waals surface area contributed by atoms with Gasteiger partial charge in [0.2, 0.25) is 0 Å². The molecule has 0 heterocycles. The Morgan fingerprint density at radius 3 is 1.56 bits per heavy atom. The van der Waals surface area contributed by atoms with Gasteiger partial charge in [-0.05, 0) is 38.5 Å². The fourth-order valence-electron chi connectivity index (χ4n) is 5.18. The van der Waals surface area contributed by atoms with E-state index in [9.17, 15) is 19.0 Å². The molecule has 0 aromatic carbocycles. The third kappa shape index (κ3) is 34.6. The molecule has 0 amide bonds. The molecule has 0 rings (SSSR count). The molecule has 0 spiro atoms. The van der Waals surface area contributed by atoms with E-state index in [1.807, 2.05) is 21.1 Å². The summed E-state index contributed by atoms with van der Waals surface area (Å²) >= 11 is 0. The van der Waals surface area contributed by atoms with Gasteiger partial charge in [-0.3, -0.25) is 18.6 Å². The summed E-state index contributed by atoms with van der Waals surface area (Å²) in [6.45, 7) is 4.38. The van der Waals surface area contributed by atoms with Crippen LogP contribution in [0.15, 0.2) is 12.2 Å². The van der Waals surface area contributed by atoms with Crippen molar-refractivity contribution in [3.8, 4) is 0 Å². The quantitative estimate of drug-likeness (QED) is 0.0228. The molecule has 1 unspecified atom stereocenters. The van der Waals surface area contributed by atoms with E-state index in [1.54, 1.807) is 0 Å². The summed E-state index contributed by atoms with van der Waals surface area (Å²) in [6.07, 6.45) is 29.7. The van der Waals surface area contributed by atoms with Gasteiger partial charge in [0.15, 0.2) is 6.10 Å². The monoisotopic (exact) mass is 705 g/mol. The number of quaternary nitrogens is 1. The molecule has 0 fully saturated rings. The van der Waals surface area contributed by atoms with Crippen LogP contribution in [0.25, 0.3) is 0 Å². The van der Waals surface area contributed by atoms with Gasteiger partial charge >= 0.3 is 19.8 Å². The largest absolute Gasteiger partial charge is 0.472 e. The number of allylic oxidation sites excluding steroid dienone is 2. The number of likely N-dealkylation sites (N-methyl/N-ethyl adjacent to an activating group) is 1. The molecule has 0 aliphatic heterocycles. The Kier molecular flexibility index (Phi) is 30.9. The highest BCUT2D eigenvalue weighted by Gasteiger charge is 2.27. The molecule has 0 saturated carbocycles. The lowest BCUT2D eigenvalue weighted by molar-refractivity contribution is -0.870. The summed E-state index contributed by atoms with van der Waals surface area (Å²) < 4.78 is 34.1. The van der Waals surface area contributed by atoms with Gasteiger partial charge in [-0.2, -0.15) is 0 Å². The first-order valence-corrected chi connectivity index (χ1v) is 20.9. The molecule has 0 saturated heterocycles. The Morgan fingerprint density at radius 2 is 1.06 bits per heavy atom. The van der Waals surface area contributed by atoms with Crippen molar-refractivity contribution in [2.75, 3.05) is 47.5 Å². The molecular weight excluding hydrogens is 629 g/mol. The average molecular weight is 705 g/mol. The van der Waals surface area contributed by atoms with Crippen LogP contribution in [0.2, 0.25) is 0 Å². The van der Waals surface area contributed by atoms with E-state index in [4.69, 9.17) is 18.5 Å². The first-order chi connectivity index (χ1) is 23.0.